The maximum absolute atomic E-state index is 4.73. The first kappa shape index (κ1) is 22.9. The second-order valence-electron chi connectivity index (χ2n) is 7.23. The molecule has 0 atom stereocenters. The smallest absolute Gasteiger partial charge is 0.191 e. The van der Waals surface area contributed by atoms with Crippen molar-refractivity contribution in [3.8, 4) is 0 Å². The van der Waals surface area contributed by atoms with E-state index in [-0.39, 0.29) is 29.4 Å². The van der Waals surface area contributed by atoms with Crippen LogP contribution in [0.15, 0.2) is 35.2 Å². The zero-order chi connectivity index (χ0) is 19.1. The molecule has 3 rings (SSSR count). The van der Waals surface area contributed by atoms with Crippen molar-refractivity contribution < 1.29 is 0 Å². The average molecular weight is 514 g/mol. The van der Waals surface area contributed by atoms with Crippen molar-refractivity contribution in [1.82, 2.24) is 25.4 Å². The lowest BCUT2D eigenvalue weighted by Gasteiger charge is -2.37. The fraction of sp³-hybridized carbons (Fsp3) is 0.550. The number of rotatable bonds is 7. The monoisotopic (exact) mass is 514 g/mol. The lowest BCUT2D eigenvalue weighted by molar-refractivity contribution is 0.296. The lowest BCUT2D eigenvalue weighted by Crippen LogP contribution is -2.46. The Morgan fingerprint density at radius 2 is 2.11 bits per heavy atom. The van der Waals surface area contributed by atoms with Crippen LogP contribution in [0, 0.1) is 6.92 Å². The van der Waals surface area contributed by atoms with Gasteiger partial charge < -0.3 is 15.2 Å². The number of aromatic nitrogens is 3. The van der Waals surface area contributed by atoms with Crippen molar-refractivity contribution in [1.29, 1.82) is 0 Å². The zero-order valence-corrected chi connectivity index (χ0v) is 19.9. The van der Waals surface area contributed by atoms with Gasteiger partial charge in [-0.1, -0.05) is 31.4 Å². The normalized spacial score (nSPS) is 16.3. The van der Waals surface area contributed by atoms with Gasteiger partial charge in [0, 0.05) is 30.4 Å². The highest BCUT2D eigenvalue weighted by Crippen LogP contribution is 2.41. The minimum atomic E-state index is 0. The maximum atomic E-state index is 4.73. The van der Waals surface area contributed by atoms with Crippen molar-refractivity contribution in [2.24, 2.45) is 12.0 Å². The second-order valence-corrected chi connectivity index (χ2v) is 8.18. The third-order valence-electron chi connectivity index (χ3n) is 5.42. The van der Waals surface area contributed by atoms with E-state index in [2.05, 4.69) is 44.9 Å². The molecule has 28 heavy (non-hydrogen) atoms. The largest absolute Gasteiger partial charge is 0.355 e. The molecule has 6 nitrogen and oxygen atoms in total. The number of halogens is 1. The van der Waals surface area contributed by atoms with Gasteiger partial charge in [-0.3, -0.25) is 0 Å². The standard InChI is InChI=1S/C20H30N6S.HI/c1-4-12-21-19(22-14-18-25-24-16(2)26(18)3)23-15-20(10-6-5-7-11-20)17-9-8-13-27-17;/h4,8-9,13H,1,5-7,10-12,14-15H2,2-3H3,(H2,21,22,23);1H. The maximum Gasteiger partial charge on any atom is 0.191 e. The molecule has 1 aliphatic rings. The Bertz CT molecular complexity index is 762. The predicted molar refractivity (Wildman–Crippen MR) is 128 cm³/mol. The summed E-state index contributed by atoms with van der Waals surface area (Å²) in [4.78, 5) is 6.22. The van der Waals surface area contributed by atoms with Crippen molar-refractivity contribution in [2.75, 3.05) is 13.1 Å². The van der Waals surface area contributed by atoms with Crippen LogP contribution in [0.2, 0.25) is 0 Å². The van der Waals surface area contributed by atoms with Crippen LogP contribution in [0.25, 0.3) is 0 Å². The minimum absolute atomic E-state index is 0. The van der Waals surface area contributed by atoms with Crippen molar-refractivity contribution in [3.05, 3.63) is 46.7 Å². The van der Waals surface area contributed by atoms with Gasteiger partial charge in [0.15, 0.2) is 11.8 Å². The predicted octanol–water partition coefficient (Wildman–Crippen LogP) is 3.93. The summed E-state index contributed by atoms with van der Waals surface area (Å²) < 4.78 is 1.98. The van der Waals surface area contributed by atoms with E-state index < -0.39 is 0 Å². The molecule has 8 heteroatoms. The van der Waals surface area contributed by atoms with Crippen LogP contribution in [-0.2, 0) is 19.0 Å². The van der Waals surface area contributed by atoms with Gasteiger partial charge in [-0.2, -0.15) is 0 Å². The summed E-state index contributed by atoms with van der Waals surface area (Å²) in [6.45, 7) is 7.82. The second kappa shape index (κ2) is 10.9. The summed E-state index contributed by atoms with van der Waals surface area (Å²) in [6.07, 6.45) is 8.25. The summed E-state index contributed by atoms with van der Waals surface area (Å²) in [5.41, 5.74) is 0.213. The van der Waals surface area contributed by atoms with Crippen LogP contribution in [0.3, 0.4) is 0 Å². The van der Waals surface area contributed by atoms with E-state index >= 15 is 0 Å². The Labute approximate surface area is 189 Å². The van der Waals surface area contributed by atoms with E-state index in [0.29, 0.717) is 13.1 Å². The third kappa shape index (κ3) is 5.56. The summed E-state index contributed by atoms with van der Waals surface area (Å²) >= 11 is 1.87. The SMILES string of the molecule is C=CCNC(=NCc1nnc(C)n1C)NCC1(c2cccs2)CCCCC1.I. The average Bonchev–Trinajstić information content (AvgIpc) is 3.34. The molecule has 0 unspecified atom stereocenters. The highest BCUT2D eigenvalue weighted by atomic mass is 127. The molecule has 1 saturated carbocycles. The molecule has 0 spiro atoms. The number of thiophene rings is 1. The first-order valence-corrected chi connectivity index (χ1v) is 10.5. The van der Waals surface area contributed by atoms with Crippen LogP contribution in [-0.4, -0.2) is 33.8 Å². The number of hydrogen-bond donors (Lipinski definition) is 2. The molecular weight excluding hydrogens is 483 g/mol. The number of nitrogens with zero attached hydrogens (tertiary/aromatic N) is 4. The van der Waals surface area contributed by atoms with Crippen molar-refractivity contribution in [3.63, 3.8) is 0 Å². The number of hydrogen-bond acceptors (Lipinski definition) is 4. The van der Waals surface area contributed by atoms with Gasteiger partial charge in [0.1, 0.15) is 12.4 Å². The van der Waals surface area contributed by atoms with Gasteiger partial charge in [-0.05, 0) is 31.2 Å². The summed E-state index contributed by atoms with van der Waals surface area (Å²) in [7, 11) is 1.97. The van der Waals surface area contributed by atoms with E-state index in [1.807, 2.05) is 36.0 Å². The highest BCUT2D eigenvalue weighted by molar-refractivity contribution is 14.0. The van der Waals surface area contributed by atoms with Crippen LogP contribution in [0.4, 0.5) is 0 Å². The first-order chi connectivity index (χ1) is 13.1. The first-order valence-electron chi connectivity index (χ1n) is 9.66. The molecular formula is C20H31IN6S. The molecule has 2 N–H and O–H groups in total. The molecule has 0 radical (unpaired) electrons. The van der Waals surface area contributed by atoms with Crippen molar-refractivity contribution in [2.45, 2.75) is 51.0 Å². The van der Waals surface area contributed by atoms with Crippen molar-refractivity contribution >= 4 is 41.3 Å². The molecule has 0 aromatic carbocycles. The molecule has 0 saturated heterocycles. The van der Waals surface area contributed by atoms with E-state index in [9.17, 15) is 0 Å². The van der Waals surface area contributed by atoms with E-state index in [1.54, 1.807) is 0 Å². The molecule has 2 aromatic heterocycles. The number of aliphatic imine (C=N–C) groups is 1. The van der Waals surface area contributed by atoms with Gasteiger partial charge in [-0.25, -0.2) is 4.99 Å². The number of aryl methyl sites for hydroxylation is 1. The number of nitrogens with one attached hydrogen (secondary N) is 2. The van der Waals surface area contributed by atoms with Crippen LogP contribution < -0.4 is 10.6 Å². The molecule has 154 valence electrons. The molecule has 0 aliphatic heterocycles. The number of guanidine groups is 1. The Kier molecular flexibility index (Phi) is 8.94. The topological polar surface area (TPSA) is 67.1 Å². The summed E-state index contributed by atoms with van der Waals surface area (Å²) in [6, 6.07) is 4.45. The quantitative estimate of drug-likeness (QED) is 0.255. The van der Waals surface area contributed by atoms with Gasteiger partial charge >= 0.3 is 0 Å². The highest BCUT2D eigenvalue weighted by Gasteiger charge is 2.34. The molecule has 0 bridgehead atoms. The molecule has 2 heterocycles. The van der Waals surface area contributed by atoms with E-state index in [0.717, 1.165) is 24.2 Å². The third-order valence-corrected chi connectivity index (χ3v) is 6.54. The molecule has 0 amide bonds. The summed E-state index contributed by atoms with van der Waals surface area (Å²) in [5.74, 6) is 2.56. The van der Waals surface area contributed by atoms with Gasteiger partial charge in [0.05, 0.1) is 0 Å². The molecule has 1 aliphatic carbocycles. The lowest BCUT2D eigenvalue weighted by atomic mass is 9.73. The van der Waals surface area contributed by atoms with Crippen LogP contribution >= 0.6 is 35.3 Å². The fourth-order valence-corrected chi connectivity index (χ4v) is 4.64. The van der Waals surface area contributed by atoms with E-state index in [1.165, 1.54) is 37.0 Å². The Morgan fingerprint density at radius 1 is 1.32 bits per heavy atom. The zero-order valence-electron chi connectivity index (χ0n) is 16.8. The van der Waals surface area contributed by atoms with Crippen LogP contribution in [0.5, 0.6) is 0 Å². The Morgan fingerprint density at radius 3 is 2.71 bits per heavy atom. The summed E-state index contributed by atoms with van der Waals surface area (Å²) in [5, 5.41) is 17.4. The Hall–Kier alpha value is -1.42. The Balaban J connectivity index is 0.00000280. The van der Waals surface area contributed by atoms with Gasteiger partial charge in [0.2, 0.25) is 0 Å². The molecule has 2 aromatic rings. The van der Waals surface area contributed by atoms with Gasteiger partial charge in [-0.15, -0.1) is 52.1 Å². The minimum Gasteiger partial charge on any atom is -0.355 e. The fourth-order valence-electron chi connectivity index (χ4n) is 3.65. The molecule has 1 fully saturated rings. The van der Waals surface area contributed by atoms with Gasteiger partial charge in [0.25, 0.3) is 0 Å². The van der Waals surface area contributed by atoms with E-state index in [4.69, 9.17) is 4.99 Å². The van der Waals surface area contributed by atoms with Crippen LogP contribution in [0.1, 0.15) is 48.6 Å².